The van der Waals surface area contributed by atoms with Crippen LogP contribution in [0.3, 0.4) is 0 Å². The number of benzene rings is 1. The second kappa shape index (κ2) is 6.28. The van der Waals surface area contributed by atoms with Crippen molar-refractivity contribution in [3.63, 3.8) is 0 Å². The number of rotatable bonds is 3. The molecule has 1 aliphatic rings. The minimum Gasteiger partial charge on any atom is -0.493 e. The van der Waals surface area contributed by atoms with Crippen molar-refractivity contribution >= 4 is 17.8 Å². The number of carbonyl (C=O) groups excluding carboxylic acids is 2. The lowest BCUT2D eigenvalue weighted by Crippen LogP contribution is -2.36. The Labute approximate surface area is 134 Å². The fourth-order valence-electron chi connectivity index (χ4n) is 2.32. The molecule has 0 bridgehead atoms. The molecule has 1 aliphatic heterocycles. The summed E-state index contributed by atoms with van der Waals surface area (Å²) < 4.78 is 10.6. The van der Waals surface area contributed by atoms with E-state index >= 15 is 0 Å². The zero-order valence-corrected chi connectivity index (χ0v) is 13.4. The topological polar surface area (TPSA) is 115 Å². The van der Waals surface area contributed by atoms with Gasteiger partial charge in [0.25, 0.3) is 0 Å². The van der Waals surface area contributed by atoms with Crippen LogP contribution >= 0.6 is 0 Å². The number of amidine groups is 1. The van der Waals surface area contributed by atoms with Gasteiger partial charge < -0.3 is 15.2 Å². The number of primary amides is 1. The van der Waals surface area contributed by atoms with Crippen LogP contribution in [-0.4, -0.2) is 30.0 Å². The lowest BCUT2D eigenvalue weighted by atomic mass is 9.95. The van der Waals surface area contributed by atoms with Gasteiger partial charge >= 0.3 is 6.09 Å². The number of ether oxygens (including phenoxy) is 2. The van der Waals surface area contributed by atoms with Crippen molar-refractivity contribution < 1.29 is 19.1 Å². The highest BCUT2D eigenvalue weighted by Crippen LogP contribution is 2.36. The van der Waals surface area contributed by atoms with Gasteiger partial charge in [0.15, 0.2) is 0 Å². The number of hydrogen-bond donors (Lipinski definition) is 3. The average molecular weight is 319 g/mol. The normalized spacial score (nSPS) is 16.2. The molecule has 2 amide bonds. The third kappa shape index (κ3) is 4.45. The van der Waals surface area contributed by atoms with Crippen LogP contribution in [0.25, 0.3) is 0 Å². The minimum atomic E-state index is -0.687. The summed E-state index contributed by atoms with van der Waals surface area (Å²) in [6, 6.07) is 5.12. The summed E-state index contributed by atoms with van der Waals surface area (Å²) in [7, 11) is 0. The molecule has 0 aromatic heterocycles. The highest BCUT2D eigenvalue weighted by Gasteiger charge is 2.26. The van der Waals surface area contributed by atoms with Crippen LogP contribution in [0.4, 0.5) is 4.79 Å². The zero-order valence-electron chi connectivity index (χ0n) is 13.4. The second-order valence-corrected chi connectivity index (χ2v) is 6.43. The van der Waals surface area contributed by atoms with E-state index in [1.165, 1.54) is 0 Å². The van der Waals surface area contributed by atoms with Gasteiger partial charge in [0.05, 0.1) is 6.61 Å². The molecule has 7 nitrogen and oxygen atoms in total. The molecule has 7 heteroatoms. The van der Waals surface area contributed by atoms with E-state index in [0.29, 0.717) is 17.9 Å². The first kappa shape index (κ1) is 16.8. The van der Waals surface area contributed by atoms with Gasteiger partial charge in [-0.1, -0.05) is 0 Å². The van der Waals surface area contributed by atoms with Crippen LogP contribution in [0.15, 0.2) is 18.2 Å². The first-order chi connectivity index (χ1) is 10.7. The van der Waals surface area contributed by atoms with Crippen LogP contribution in [0.2, 0.25) is 0 Å². The molecule has 4 N–H and O–H groups in total. The van der Waals surface area contributed by atoms with Crippen molar-refractivity contribution in [2.75, 3.05) is 6.61 Å². The van der Waals surface area contributed by atoms with Crippen molar-refractivity contribution in [2.24, 2.45) is 5.73 Å². The van der Waals surface area contributed by atoms with Gasteiger partial charge in [-0.25, -0.2) is 4.79 Å². The Hall–Kier alpha value is -2.57. The van der Waals surface area contributed by atoms with E-state index in [0.717, 1.165) is 5.56 Å². The van der Waals surface area contributed by atoms with Gasteiger partial charge in [0, 0.05) is 23.5 Å². The van der Waals surface area contributed by atoms with Gasteiger partial charge in [-0.05, 0) is 39.0 Å². The maximum atomic E-state index is 11.7. The summed E-state index contributed by atoms with van der Waals surface area (Å²) in [6.45, 7) is 5.63. The summed E-state index contributed by atoms with van der Waals surface area (Å²) in [5.74, 6) is 0.0624. The molecule has 1 aromatic rings. The molecule has 0 aliphatic carbocycles. The summed E-state index contributed by atoms with van der Waals surface area (Å²) in [4.78, 5) is 22.8. The van der Waals surface area contributed by atoms with Crippen molar-refractivity contribution in [3.05, 3.63) is 29.3 Å². The van der Waals surface area contributed by atoms with Crippen LogP contribution in [0, 0.1) is 5.41 Å². The van der Waals surface area contributed by atoms with Crippen molar-refractivity contribution in [2.45, 2.75) is 38.7 Å². The smallest absolute Gasteiger partial charge is 0.413 e. The number of fused-ring (bicyclic) bond motifs is 1. The molecular formula is C16H21N3O4. The fraction of sp³-hybridized carbons (Fsp3) is 0.438. The predicted molar refractivity (Wildman–Crippen MR) is 84.7 cm³/mol. The first-order valence-electron chi connectivity index (χ1n) is 7.29. The van der Waals surface area contributed by atoms with Crippen LogP contribution in [0.5, 0.6) is 5.75 Å². The molecule has 0 fully saturated rings. The second-order valence-electron chi connectivity index (χ2n) is 6.43. The van der Waals surface area contributed by atoms with Gasteiger partial charge in [-0.3, -0.25) is 15.5 Å². The quantitative estimate of drug-likeness (QED) is 0.583. The molecule has 0 saturated carbocycles. The Balaban J connectivity index is 2.11. The van der Waals surface area contributed by atoms with E-state index in [1.54, 1.807) is 39.0 Å². The fourth-order valence-corrected chi connectivity index (χ4v) is 2.32. The van der Waals surface area contributed by atoms with Gasteiger partial charge in [0.2, 0.25) is 5.91 Å². The lowest BCUT2D eigenvalue weighted by Gasteiger charge is -2.20. The Morgan fingerprint density at radius 3 is 2.74 bits per heavy atom. The van der Waals surface area contributed by atoms with E-state index in [2.05, 4.69) is 5.32 Å². The van der Waals surface area contributed by atoms with E-state index in [-0.39, 0.29) is 18.2 Å². The number of hydrogen-bond acceptors (Lipinski definition) is 5. The monoisotopic (exact) mass is 319 g/mol. The maximum Gasteiger partial charge on any atom is 0.413 e. The number of carbonyl (C=O) groups is 2. The molecule has 2 rings (SSSR count). The molecule has 0 spiro atoms. The molecule has 0 saturated heterocycles. The Morgan fingerprint density at radius 1 is 1.43 bits per heavy atom. The highest BCUT2D eigenvalue weighted by atomic mass is 16.6. The molecule has 1 aromatic carbocycles. The zero-order chi connectivity index (χ0) is 17.2. The standard InChI is InChI=1S/C16H21N3O4/c1-16(2,3)23-15(21)19-14(18)9-4-5-12-11(6-9)10(8-22-12)7-13(17)20/h4-6,10H,7-8H2,1-3H3,(H2,17,20)(H2,18,19,21). The molecule has 124 valence electrons. The number of alkyl carbamates (subject to hydrolysis) is 1. The van der Waals surface area contributed by atoms with Crippen LogP contribution in [0.1, 0.15) is 44.2 Å². The van der Waals surface area contributed by atoms with Crippen molar-refractivity contribution in [3.8, 4) is 5.75 Å². The largest absolute Gasteiger partial charge is 0.493 e. The number of nitrogens with one attached hydrogen (secondary N) is 2. The Bertz CT molecular complexity index is 649. The Kier molecular flexibility index (Phi) is 4.58. The van der Waals surface area contributed by atoms with Crippen molar-refractivity contribution in [1.82, 2.24) is 5.32 Å². The van der Waals surface area contributed by atoms with Gasteiger partial charge in [-0.2, -0.15) is 0 Å². The summed E-state index contributed by atoms with van der Waals surface area (Å²) >= 11 is 0. The molecule has 23 heavy (non-hydrogen) atoms. The van der Waals surface area contributed by atoms with E-state index in [1.807, 2.05) is 0 Å². The minimum absolute atomic E-state index is 0.0771. The Morgan fingerprint density at radius 2 is 2.13 bits per heavy atom. The molecule has 1 heterocycles. The first-order valence-corrected chi connectivity index (χ1v) is 7.29. The van der Waals surface area contributed by atoms with Gasteiger partial charge in [0.1, 0.15) is 17.2 Å². The summed E-state index contributed by atoms with van der Waals surface area (Å²) in [5.41, 5.74) is 5.93. The summed E-state index contributed by atoms with van der Waals surface area (Å²) in [5, 5.41) is 10.4. The van der Waals surface area contributed by atoms with Crippen molar-refractivity contribution in [1.29, 1.82) is 5.41 Å². The van der Waals surface area contributed by atoms with Crippen LogP contribution in [-0.2, 0) is 9.53 Å². The molecule has 1 atom stereocenters. The van der Waals surface area contributed by atoms with E-state index in [9.17, 15) is 9.59 Å². The molecule has 1 unspecified atom stereocenters. The number of amides is 2. The third-order valence-electron chi connectivity index (χ3n) is 3.25. The maximum absolute atomic E-state index is 11.7. The SMILES string of the molecule is CC(C)(C)OC(=O)NC(=N)c1ccc2c(c1)C(CC(N)=O)CO2. The lowest BCUT2D eigenvalue weighted by molar-refractivity contribution is -0.118. The number of nitrogens with two attached hydrogens (primary N) is 1. The summed E-state index contributed by atoms with van der Waals surface area (Å²) in [6.07, 6.45) is -0.503. The van der Waals surface area contributed by atoms with E-state index in [4.69, 9.17) is 20.6 Å². The molecule has 0 radical (unpaired) electrons. The predicted octanol–water partition coefficient (Wildman–Crippen LogP) is 1.89. The highest BCUT2D eigenvalue weighted by molar-refractivity contribution is 6.04. The van der Waals surface area contributed by atoms with Gasteiger partial charge in [-0.15, -0.1) is 0 Å². The third-order valence-corrected chi connectivity index (χ3v) is 3.25. The average Bonchev–Trinajstić information content (AvgIpc) is 2.78. The molecular weight excluding hydrogens is 298 g/mol. The van der Waals surface area contributed by atoms with E-state index < -0.39 is 17.6 Å². The van der Waals surface area contributed by atoms with Crippen LogP contribution < -0.4 is 15.8 Å².